The number of ether oxygens (including phenoxy) is 1. The first-order chi connectivity index (χ1) is 11.9. The fraction of sp³-hybridized carbons (Fsp3) is 0.611. The Hall–Kier alpha value is -1.31. The number of hydrogen-bond donors (Lipinski definition) is 2. The fourth-order valence-corrected chi connectivity index (χ4v) is 4.31. The van der Waals surface area contributed by atoms with Crippen molar-refractivity contribution in [2.45, 2.75) is 61.5 Å². The van der Waals surface area contributed by atoms with E-state index in [1.807, 2.05) is 0 Å². The molecule has 1 amide bonds. The van der Waals surface area contributed by atoms with Crippen LogP contribution in [0.4, 0.5) is 0 Å². The predicted octanol–water partition coefficient (Wildman–Crippen LogP) is 2.07. The molecule has 2 fully saturated rings. The molecular formula is C18H27ClN2O4S. The van der Waals surface area contributed by atoms with E-state index < -0.39 is 9.84 Å². The predicted molar refractivity (Wildman–Crippen MR) is 103 cm³/mol. The Bertz CT molecular complexity index is 696. The molecule has 26 heavy (non-hydrogen) atoms. The second kappa shape index (κ2) is 9.06. The number of rotatable bonds is 7. The van der Waals surface area contributed by atoms with Crippen LogP contribution in [-0.2, 0) is 14.6 Å². The van der Waals surface area contributed by atoms with Gasteiger partial charge in [-0.25, -0.2) is 8.42 Å². The van der Waals surface area contributed by atoms with Crippen molar-refractivity contribution in [2.24, 2.45) is 0 Å². The van der Waals surface area contributed by atoms with Gasteiger partial charge in [-0.05, 0) is 56.4 Å². The zero-order valence-electron chi connectivity index (χ0n) is 14.9. The highest BCUT2D eigenvalue weighted by Gasteiger charge is 2.33. The Morgan fingerprint density at radius 1 is 1.19 bits per heavy atom. The van der Waals surface area contributed by atoms with Crippen molar-refractivity contribution >= 4 is 28.2 Å². The minimum Gasteiger partial charge on any atom is -0.494 e. The molecule has 2 aliphatic heterocycles. The van der Waals surface area contributed by atoms with Crippen LogP contribution in [0.15, 0.2) is 29.2 Å². The number of carbonyl (C=O) groups is 1. The minimum absolute atomic E-state index is 0. The van der Waals surface area contributed by atoms with Crippen LogP contribution in [0.1, 0.15) is 38.5 Å². The molecule has 2 unspecified atom stereocenters. The molecule has 3 rings (SSSR count). The lowest BCUT2D eigenvalue weighted by Gasteiger charge is -2.29. The van der Waals surface area contributed by atoms with Gasteiger partial charge >= 0.3 is 0 Å². The van der Waals surface area contributed by atoms with Crippen LogP contribution >= 0.6 is 12.4 Å². The molecular weight excluding hydrogens is 376 g/mol. The zero-order chi connectivity index (χ0) is 17.9. The molecule has 2 heterocycles. The molecule has 0 radical (unpaired) electrons. The molecule has 1 aromatic carbocycles. The van der Waals surface area contributed by atoms with Gasteiger partial charge in [0.05, 0.1) is 11.5 Å². The normalized spacial score (nSPS) is 24.6. The molecule has 2 atom stereocenters. The van der Waals surface area contributed by atoms with Crippen molar-refractivity contribution in [1.82, 2.24) is 10.6 Å². The highest BCUT2D eigenvalue weighted by Crippen LogP contribution is 2.26. The van der Waals surface area contributed by atoms with Crippen molar-refractivity contribution < 1.29 is 17.9 Å². The Morgan fingerprint density at radius 3 is 2.38 bits per heavy atom. The van der Waals surface area contributed by atoms with Gasteiger partial charge in [-0.3, -0.25) is 4.79 Å². The van der Waals surface area contributed by atoms with Crippen molar-refractivity contribution in [3.05, 3.63) is 24.3 Å². The number of piperidine rings is 1. The third-order valence-electron chi connectivity index (χ3n) is 4.91. The van der Waals surface area contributed by atoms with Crippen LogP contribution in [0.25, 0.3) is 0 Å². The van der Waals surface area contributed by atoms with Gasteiger partial charge in [0.1, 0.15) is 5.75 Å². The first-order valence-corrected chi connectivity index (χ1v) is 10.8. The fourth-order valence-electron chi connectivity index (χ4n) is 3.68. The van der Waals surface area contributed by atoms with Crippen molar-refractivity contribution in [2.75, 3.05) is 12.9 Å². The number of carbonyl (C=O) groups excluding carboxylic acids is 1. The summed E-state index contributed by atoms with van der Waals surface area (Å²) in [5.41, 5.74) is 0. The molecule has 2 saturated heterocycles. The van der Waals surface area contributed by atoms with Crippen LogP contribution in [0.2, 0.25) is 0 Å². The van der Waals surface area contributed by atoms with E-state index in [-0.39, 0.29) is 23.2 Å². The first kappa shape index (κ1) is 21.0. The molecule has 0 saturated carbocycles. The van der Waals surface area contributed by atoms with Crippen molar-refractivity contribution in [1.29, 1.82) is 0 Å². The third kappa shape index (κ3) is 5.86. The molecule has 0 spiro atoms. The summed E-state index contributed by atoms with van der Waals surface area (Å²) in [7, 11) is -3.19. The van der Waals surface area contributed by atoms with Gasteiger partial charge in [-0.2, -0.15) is 0 Å². The minimum atomic E-state index is -3.19. The molecule has 0 aromatic heterocycles. The topological polar surface area (TPSA) is 84.5 Å². The van der Waals surface area contributed by atoms with Crippen LogP contribution in [0.3, 0.4) is 0 Å². The van der Waals surface area contributed by atoms with Crippen molar-refractivity contribution in [3.63, 3.8) is 0 Å². The summed E-state index contributed by atoms with van der Waals surface area (Å²) < 4.78 is 28.4. The van der Waals surface area contributed by atoms with Crippen LogP contribution in [-0.4, -0.2) is 45.3 Å². The van der Waals surface area contributed by atoms with Gasteiger partial charge in [0.2, 0.25) is 5.91 Å². The lowest BCUT2D eigenvalue weighted by atomic mass is 9.99. The monoisotopic (exact) mass is 402 g/mol. The van der Waals surface area contributed by atoms with E-state index in [1.165, 1.54) is 31.2 Å². The van der Waals surface area contributed by atoms with E-state index in [4.69, 9.17) is 4.74 Å². The first-order valence-electron chi connectivity index (χ1n) is 8.88. The highest BCUT2D eigenvalue weighted by atomic mass is 35.5. The van der Waals surface area contributed by atoms with Gasteiger partial charge in [-0.15, -0.1) is 12.4 Å². The molecule has 2 aliphatic rings. The van der Waals surface area contributed by atoms with E-state index in [2.05, 4.69) is 10.6 Å². The number of nitrogens with one attached hydrogen (secondary N) is 2. The maximum absolute atomic E-state index is 12.1. The second-order valence-corrected chi connectivity index (χ2v) is 9.09. The maximum atomic E-state index is 12.1. The summed E-state index contributed by atoms with van der Waals surface area (Å²) in [5, 5.41) is 6.71. The lowest BCUT2D eigenvalue weighted by Crippen LogP contribution is -2.48. The Morgan fingerprint density at radius 2 is 1.81 bits per heavy atom. The molecule has 2 N–H and O–H groups in total. The molecule has 146 valence electrons. The van der Waals surface area contributed by atoms with Crippen LogP contribution in [0.5, 0.6) is 5.75 Å². The summed E-state index contributed by atoms with van der Waals surface area (Å²) in [6.45, 7) is 0.434. The summed E-state index contributed by atoms with van der Waals surface area (Å²) in [4.78, 5) is 12.3. The van der Waals surface area contributed by atoms with Gasteiger partial charge in [0.15, 0.2) is 9.84 Å². The van der Waals surface area contributed by atoms with E-state index in [0.717, 1.165) is 12.8 Å². The Kier molecular flexibility index (Phi) is 7.32. The molecule has 6 nitrogen and oxygen atoms in total. The standard InChI is InChI=1S/C18H26N2O4S.ClH/c1-25(22,23)17-8-6-16(7-9-17)24-10-2-3-18(21)20-15-11-13-4-5-14(12-15)19-13;/h6-9,13-15,19H,2-5,10-12H2,1H3,(H,20,21);1H. The molecule has 0 aliphatic carbocycles. The SMILES string of the molecule is CS(=O)(=O)c1ccc(OCCCC(=O)NC2CC3CCC(C2)N3)cc1.Cl. The summed E-state index contributed by atoms with van der Waals surface area (Å²) in [6, 6.07) is 7.79. The summed E-state index contributed by atoms with van der Waals surface area (Å²) in [6.07, 6.45) is 6.77. The van der Waals surface area contributed by atoms with Gasteiger partial charge < -0.3 is 15.4 Å². The average Bonchev–Trinajstić information content (AvgIpc) is 2.90. The summed E-state index contributed by atoms with van der Waals surface area (Å²) in [5.74, 6) is 0.699. The second-order valence-electron chi connectivity index (χ2n) is 7.07. The van der Waals surface area contributed by atoms with E-state index in [1.54, 1.807) is 12.1 Å². The highest BCUT2D eigenvalue weighted by molar-refractivity contribution is 7.90. The largest absolute Gasteiger partial charge is 0.494 e. The zero-order valence-corrected chi connectivity index (χ0v) is 16.6. The van der Waals surface area contributed by atoms with Crippen LogP contribution < -0.4 is 15.4 Å². The third-order valence-corrected chi connectivity index (χ3v) is 6.04. The molecule has 2 bridgehead atoms. The Balaban J connectivity index is 0.00000243. The number of amides is 1. The van der Waals surface area contributed by atoms with Gasteiger partial charge in [0, 0.05) is 30.8 Å². The number of benzene rings is 1. The van der Waals surface area contributed by atoms with E-state index in [9.17, 15) is 13.2 Å². The maximum Gasteiger partial charge on any atom is 0.220 e. The molecule has 1 aromatic rings. The number of fused-ring (bicyclic) bond motifs is 2. The quantitative estimate of drug-likeness (QED) is 0.682. The van der Waals surface area contributed by atoms with Crippen LogP contribution in [0, 0.1) is 0 Å². The van der Waals surface area contributed by atoms with Crippen molar-refractivity contribution in [3.8, 4) is 5.75 Å². The summed E-state index contributed by atoms with van der Waals surface area (Å²) >= 11 is 0. The van der Waals surface area contributed by atoms with Gasteiger partial charge in [0.25, 0.3) is 0 Å². The number of hydrogen-bond acceptors (Lipinski definition) is 5. The van der Waals surface area contributed by atoms with E-state index in [0.29, 0.717) is 43.3 Å². The number of halogens is 1. The van der Waals surface area contributed by atoms with Gasteiger partial charge in [-0.1, -0.05) is 0 Å². The number of sulfone groups is 1. The average molecular weight is 403 g/mol. The molecule has 8 heteroatoms. The smallest absolute Gasteiger partial charge is 0.220 e. The van der Waals surface area contributed by atoms with E-state index >= 15 is 0 Å². The lowest BCUT2D eigenvalue weighted by molar-refractivity contribution is -0.122. The Labute approximate surface area is 161 Å².